The van der Waals surface area contributed by atoms with Crippen LogP contribution in [0.1, 0.15) is 56.9 Å². The fourth-order valence-electron chi connectivity index (χ4n) is 4.44. The first kappa shape index (κ1) is 28.8. The van der Waals surface area contributed by atoms with Gasteiger partial charge in [0.1, 0.15) is 18.1 Å². The fraction of sp³-hybridized carbons (Fsp3) is 0.448. The van der Waals surface area contributed by atoms with Gasteiger partial charge in [-0.05, 0) is 31.8 Å². The van der Waals surface area contributed by atoms with Gasteiger partial charge < -0.3 is 24.5 Å². The van der Waals surface area contributed by atoms with Crippen LogP contribution in [0.15, 0.2) is 70.6 Å². The molecule has 1 aromatic rings. The maximum absolute atomic E-state index is 13.2. The molecule has 1 aromatic heterocycles. The summed E-state index contributed by atoms with van der Waals surface area (Å²) < 4.78 is 11.3. The van der Waals surface area contributed by atoms with Crippen LogP contribution in [0.5, 0.6) is 0 Å². The number of fused-ring (bicyclic) bond motifs is 3. The first-order valence-electron chi connectivity index (χ1n) is 12.9. The summed E-state index contributed by atoms with van der Waals surface area (Å²) in [7, 11) is 0. The van der Waals surface area contributed by atoms with Gasteiger partial charge in [0.15, 0.2) is 11.6 Å². The van der Waals surface area contributed by atoms with Crippen molar-refractivity contribution < 1.29 is 28.6 Å². The molecule has 0 aromatic carbocycles. The van der Waals surface area contributed by atoms with Crippen LogP contribution in [0.2, 0.25) is 0 Å². The highest BCUT2D eigenvalue weighted by atomic mass is 16.5. The van der Waals surface area contributed by atoms with Crippen molar-refractivity contribution in [1.82, 2.24) is 15.2 Å². The van der Waals surface area contributed by atoms with E-state index >= 15 is 0 Å². The third-order valence-electron chi connectivity index (χ3n) is 6.31. The Morgan fingerprint density at radius 1 is 1.24 bits per heavy atom. The Morgan fingerprint density at radius 3 is 2.74 bits per heavy atom. The first-order chi connectivity index (χ1) is 18.0. The van der Waals surface area contributed by atoms with E-state index in [9.17, 15) is 19.5 Å². The standard InChI is InChI=1S/C29H37N3O6/c1-18(2)27-21(5)10-11-25(34)30-12-6-8-19(3)14-22(33)15-20(4)16-26-31-23(17-37-26)28(35)32-13-7-9-24(32)29(36)38-27/h6,8-11,14,17-18,21-22,27,33H,4,7,12-13,15-16H2,1-3,5H3,(H,30,34)/b8-6+,11-10+,19-14+/t21?,22-,27?/m1/s1. The number of rotatable bonds is 1. The fourth-order valence-corrected chi connectivity index (χ4v) is 4.44. The molecule has 2 aliphatic rings. The number of nitrogens with zero attached hydrogens (tertiary/aromatic N) is 2. The van der Waals surface area contributed by atoms with Crippen molar-refractivity contribution >= 4 is 17.8 Å². The van der Waals surface area contributed by atoms with Crippen molar-refractivity contribution in [2.24, 2.45) is 11.8 Å². The van der Waals surface area contributed by atoms with Crippen molar-refractivity contribution in [1.29, 1.82) is 0 Å². The molecule has 2 aliphatic heterocycles. The number of allylic oxidation sites excluding steroid dienone is 2. The minimum atomic E-state index is -0.763. The maximum atomic E-state index is 13.2. The van der Waals surface area contributed by atoms with Crippen LogP contribution in [0.25, 0.3) is 0 Å². The van der Waals surface area contributed by atoms with Crippen molar-refractivity contribution in [3.63, 3.8) is 0 Å². The largest absolute Gasteiger partial charge is 0.457 e. The third kappa shape index (κ3) is 7.89. The van der Waals surface area contributed by atoms with Gasteiger partial charge in [0.05, 0.1) is 6.10 Å². The molecule has 2 amide bonds. The zero-order valence-corrected chi connectivity index (χ0v) is 22.5. The van der Waals surface area contributed by atoms with E-state index in [-0.39, 0.29) is 35.6 Å². The first-order valence-corrected chi connectivity index (χ1v) is 12.9. The second kappa shape index (κ2) is 13.2. The second-order valence-electron chi connectivity index (χ2n) is 10.0. The van der Waals surface area contributed by atoms with E-state index < -0.39 is 24.1 Å². The predicted octanol–water partition coefficient (Wildman–Crippen LogP) is 3.65. The van der Waals surface area contributed by atoms with Crippen molar-refractivity contribution in [2.45, 2.75) is 59.2 Å². The number of carbonyl (C=O) groups is 3. The molecular formula is C29H37N3O6. The van der Waals surface area contributed by atoms with Crippen LogP contribution in [0.4, 0.5) is 0 Å². The lowest BCUT2D eigenvalue weighted by Gasteiger charge is -2.27. The van der Waals surface area contributed by atoms with E-state index in [1.165, 1.54) is 17.2 Å². The normalized spacial score (nSPS) is 27.6. The Balaban J connectivity index is 1.86. The smallest absolute Gasteiger partial charge is 0.355 e. The van der Waals surface area contributed by atoms with Gasteiger partial charge in [-0.25, -0.2) is 9.78 Å². The number of cyclic esters (lactones) is 1. The molecule has 0 radical (unpaired) electrons. The van der Waals surface area contributed by atoms with Crippen LogP contribution in [0, 0.1) is 11.8 Å². The van der Waals surface area contributed by atoms with Crippen LogP contribution in [-0.4, -0.2) is 58.1 Å². The SMILES string of the molecule is C=C1Cc2nc(co2)C(=O)N2CCC=C2C(=O)OC(C(C)C)C(C)/C=C/C(=O)NC/C=C/C(C)=C/[C@@H](O)C1. The summed E-state index contributed by atoms with van der Waals surface area (Å²) in [4.78, 5) is 44.2. The topological polar surface area (TPSA) is 122 Å². The number of aromatic nitrogens is 1. The number of aliphatic hydroxyl groups is 1. The number of aliphatic hydroxyl groups excluding tert-OH is 1. The third-order valence-corrected chi connectivity index (χ3v) is 6.31. The molecule has 2 N–H and O–H groups in total. The van der Waals surface area contributed by atoms with E-state index in [0.717, 1.165) is 5.57 Å². The van der Waals surface area contributed by atoms with Gasteiger partial charge in [-0.3, -0.25) is 9.59 Å². The number of nitrogens with one attached hydrogen (secondary N) is 1. The lowest BCUT2D eigenvalue weighted by molar-refractivity contribution is -0.149. The van der Waals surface area contributed by atoms with E-state index in [0.29, 0.717) is 37.4 Å². The van der Waals surface area contributed by atoms with Crippen molar-refractivity contribution in [3.8, 4) is 0 Å². The van der Waals surface area contributed by atoms with Crippen LogP contribution < -0.4 is 5.32 Å². The molecule has 9 heteroatoms. The van der Waals surface area contributed by atoms with Gasteiger partial charge in [-0.15, -0.1) is 0 Å². The van der Waals surface area contributed by atoms with Crippen LogP contribution in [-0.2, 0) is 20.7 Å². The van der Waals surface area contributed by atoms with Crippen molar-refractivity contribution in [2.75, 3.05) is 13.1 Å². The Hall–Kier alpha value is -3.72. The summed E-state index contributed by atoms with van der Waals surface area (Å²) in [6, 6.07) is 0. The van der Waals surface area contributed by atoms with Gasteiger partial charge >= 0.3 is 5.97 Å². The molecule has 38 heavy (non-hydrogen) atoms. The van der Waals surface area contributed by atoms with Crippen LogP contribution in [0.3, 0.4) is 0 Å². The Bertz CT molecular complexity index is 1170. The highest BCUT2D eigenvalue weighted by molar-refractivity contribution is 6.00. The molecular weight excluding hydrogens is 486 g/mol. The molecule has 3 heterocycles. The Kier molecular flexibility index (Phi) is 10.0. The summed E-state index contributed by atoms with van der Waals surface area (Å²) in [5, 5.41) is 13.2. The molecule has 204 valence electrons. The monoisotopic (exact) mass is 523 g/mol. The lowest BCUT2D eigenvalue weighted by Crippen LogP contribution is -2.36. The average molecular weight is 524 g/mol. The minimum Gasteiger partial charge on any atom is -0.457 e. The number of hydrogen-bond donors (Lipinski definition) is 2. The summed E-state index contributed by atoms with van der Waals surface area (Å²) in [6.07, 6.45) is 11.2. The highest BCUT2D eigenvalue weighted by Crippen LogP contribution is 2.25. The molecule has 2 bridgehead atoms. The summed E-state index contributed by atoms with van der Waals surface area (Å²) in [6.45, 7) is 12.2. The highest BCUT2D eigenvalue weighted by Gasteiger charge is 2.33. The summed E-state index contributed by atoms with van der Waals surface area (Å²) in [5.74, 6) is -1.30. The van der Waals surface area contributed by atoms with Crippen LogP contribution >= 0.6 is 0 Å². The van der Waals surface area contributed by atoms with E-state index in [1.54, 1.807) is 24.3 Å². The quantitative estimate of drug-likeness (QED) is 0.426. The average Bonchev–Trinajstić information content (AvgIpc) is 3.52. The molecule has 2 unspecified atom stereocenters. The molecule has 0 saturated heterocycles. The number of hydrogen-bond acceptors (Lipinski definition) is 7. The summed E-state index contributed by atoms with van der Waals surface area (Å²) in [5.41, 5.74) is 1.76. The zero-order valence-electron chi connectivity index (χ0n) is 22.5. The number of amides is 2. The Morgan fingerprint density at radius 2 is 2.00 bits per heavy atom. The number of carbonyl (C=O) groups excluding carboxylic acids is 3. The molecule has 0 aliphatic carbocycles. The van der Waals surface area contributed by atoms with Gasteiger partial charge in [-0.2, -0.15) is 0 Å². The number of ether oxygens (including phenoxy) is 1. The van der Waals surface area contributed by atoms with E-state index in [1.807, 2.05) is 33.8 Å². The molecule has 0 fully saturated rings. The molecule has 0 spiro atoms. The Labute approximate surface area is 223 Å². The maximum Gasteiger partial charge on any atom is 0.355 e. The number of esters is 1. The molecule has 9 nitrogen and oxygen atoms in total. The predicted molar refractivity (Wildman–Crippen MR) is 143 cm³/mol. The minimum absolute atomic E-state index is 0.0264. The van der Waals surface area contributed by atoms with Gasteiger partial charge in [0.2, 0.25) is 5.91 Å². The van der Waals surface area contributed by atoms with Crippen molar-refractivity contribution in [3.05, 3.63) is 77.7 Å². The molecule has 0 saturated carbocycles. The van der Waals surface area contributed by atoms with Gasteiger partial charge in [-0.1, -0.05) is 68.9 Å². The zero-order chi connectivity index (χ0) is 27.8. The summed E-state index contributed by atoms with van der Waals surface area (Å²) >= 11 is 0. The van der Waals surface area contributed by atoms with E-state index in [2.05, 4.69) is 16.9 Å². The van der Waals surface area contributed by atoms with Gasteiger partial charge in [0.25, 0.3) is 5.91 Å². The van der Waals surface area contributed by atoms with E-state index in [4.69, 9.17) is 9.15 Å². The second-order valence-corrected chi connectivity index (χ2v) is 10.0. The number of oxazole rings is 1. The van der Waals surface area contributed by atoms with Gasteiger partial charge in [0, 0.05) is 25.4 Å². The molecule has 3 rings (SSSR count). The molecule has 3 atom stereocenters. The lowest BCUT2D eigenvalue weighted by atomic mass is 9.94.